The molecule has 0 aromatic carbocycles. The van der Waals surface area contributed by atoms with E-state index in [2.05, 4.69) is 15.2 Å². The normalized spacial score (nSPS) is 23.2. The highest BCUT2D eigenvalue weighted by atomic mass is 16.4. The summed E-state index contributed by atoms with van der Waals surface area (Å²) in [5, 5.41) is 17.8. The number of hydrogen-bond donors (Lipinski definition) is 1. The van der Waals surface area contributed by atoms with Crippen molar-refractivity contribution in [3.63, 3.8) is 0 Å². The number of fused-ring (bicyclic) bond motifs is 1. The summed E-state index contributed by atoms with van der Waals surface area (Å²) >= 11 is 0. The van der Waals surface area contributed by atoms with Crippen LogP contribution in [0.25, 0.3) is 5.65 Å². The van der Waals surface area contributed by atoms with E-state index < -0.39 is 11.5 Å². The highest BCUT2D eigenvalue weighted by Crippen LogP contribution is 2.33. The van der Waals surface area contributed by atoms with Crippen LogP contribution < -0.4 is 4.90 Å². The number of piperidine rings is 1. The number of aliphatic carboxylic acids is 1. The number of carbonyl (C=O) groups is 1. The first kappa shape index (κ1) is 12.8. The molecule has 1 saturated heterocycles. The first-order chi connectivity index (χ1) is 9.54. The fraction of sp³-hybridized carbons (Fsp3) is 0.538. The maximum atomic E-state index is 11.7. The number of aromatic nitrogens is 4. The monoisotopic (exact) mass is 275 g/mol. The van der Waals surface area contributed by atoms with E-state index in [4.69, 9.17) is 0 Å². The van der Waals surface area contributed by atoms with Crippen molar-refractivity contribution in [2.75, 3.05) is 11.4 Å². The van der Waals surface area contributed by atoms with Crippen molar-refractivity contribution in [2.24, 2.45) is 0 Å². The molecule has 1 atom stereocenters. The van der Waals surface area contributed by atoms with E-state index >= 15 is 0 Å². The van der Waals surface area contributed by atoms with Crippen molar-refractivity contribution in [1.82, 2.24) is 19.6 Å². The number of nitrogens with zero attached hydrogens (tertiary/aromatic N) is 5. The fourth-order valence-corrected chi connectivity index (χ4v) is 2.80. The van der Waals surface area contributed by atoms with Crippen LogP contribution in [0.4, 0.5) is 5.82 Å². The van der Waals surface area contributed by atoms with Gasteiger partial charge in [0.05, 0.1) is 0 Å². The van der Waals surface area contributed by atoms with E-state index in [9.17, 15) is 9.90 Å². The van der Waals surface area contributed by atoms with Crippen LogP contribution in [-0.4, -0.2) is 42.7 Å². The van der Waals surface area contributed by atoms with Gasteiger partial charge in [-0.1, -0.05) is 0 Å². The van der Waals surface area contributed by atoms with E-state index in [0.717, 1.165) is 18.7 Å². The summed E-state index contributed by atoms with van der Waals surface area (Å²) in [5.74, 6) is 0.535. The van der Waals surface area contributed by atoms with Crippen LogP contribution in [0.15, 0.2) is 12.4 Å². The lowest BCUT2D eigenvalue weighted by atomic mass is 9.88. The fourth-order valence-electron chi connectivity index (χ4n) is 2.80. The second-order valence-corrected chi connectivity index (χ2v) is 5.38. The van der Waals surface area contributed by atoms with Crippen molar-refractivity contribution >= 4 is 17.4 Å². The van der Waals surface area contributed by atoms with Gasteiger partial charge in [0, 0.05) is 18.9 Å². The molecular weight excluding hydrogens is 258 g/mol. The molecule has 1 unspecified atom stereocenters. The second-order valence-electron chi connectivity index (χ2n) is 5.38. The van der Waals surface area contributed by atoms with Crippen molar-refractivity contribution in [1.29, 1.82) is 0 Å². The maximum Gasteiger partial charge on any atom is 0.329 e. The number of carboxylic acids is 1. The molecule has 0 spiro atoms. The number of hydrogen-bond acceptors (Lipinski definition) is 5. The van der Waals surface area contributed by atoms with Gasteiger partial charge in [0.1, 0.15) is 11.4 Å². The number of aryl methyl sites for hydroxylation is 1. The van der Waals surface area contributed by atoms with Crippen LogP contribution in [0, 0.1) is 6.92 Å². The lowest BCUT2D eigenvalue weighted by Crippen LogP contribution is -2.55. The van der Waals surface area contributed by atoms with Crippen molar-refractivity contribution in [2.45, 2.75) is 38.6 Å². The Morgan fingerprint density at radius 2 is 2.20 bits per heavy atom. The number of carboxylic acid groups (broad SMARTS) is 1. The van der Waals surface area contributed by atoms with E-state index in [-0.39, 0.29) is 0 Å². The third kappa shape index (κ3) is 1.73. The molecule has 20 heavy (non-hydrogen) atoms. The molecule has 0 amide bonds. The maximum absolute atomic E-state index is 11.7. The Morgan fingerprint density at radius 3 is 2.95 bits per heavy atom. The highest BCUT2D eigenvalue weighted by molar-refractivity contribution is 5.84. The Labute approximate surface area is 116 Å². The standard InChI is InChI=1S/C13H17N5O2/c1-9-15-16-11-10(14-6-8-17(9)11)18-7-4-3-5-13(18,2)12(19)20/h6,8H,3-5,7H2,1-2H3,(H,19,20). The lowest BCUT2D eigenvalue weighted by Gasteiger charge is -2.42. The van der Waals surface area contributed by atoms with Gasteiger partial charge in [-0.2, -0.15) is 0 Å². The van der Waals surface area contributed by atoms with E-state index in [1.54, 1.807) is 19.3 Å². The van der Waals surface area contributed by atoms with Crippen LogP contribution in [0.1, 0.15) is 32.0 Å². The molecule has 2 aromatic rings. The Hall–Kier alpha value is -2.18. The molecule has 0 bridgehead atoms. The largest absolute Gasteiger partial charge is 0.480 e. The summed E-state index contributed by atoms with van der Waals surface area (Å²) in [6.07, 6.45) is 5.93. The van der Waals surface area contributed by atoms with Gasteiger partial charge >= 0.3 is 5.97 Å². The summed E-state index contributed by atoms with van der Waals surface area (Å²) in [6.45, 7) is 4.28. The molecule has 3 rings (SSSR count). The summed E-state index contributed by atoms with van der Waals surface area (Å²) in [5.41, 5.74) is -0.327. The summed E-state index contributed by atoms with van der Waals surface area (Å²) in [7, 11) is 0. The molecule has 2 aromatic heterocycles. The van der Waals surface area contributed by atoms with Crippen LogP contribution >= 0.6 is 0 Å². The molecule has 1 fully saturated rings. The molecule has 7 nitrogen and oxygen atoms in total. The molecule has 3 heterocycles. The van der Waals surface area contributed by atoms with Crippen LogP contribution in [0.3, 0.4) is 0 Å². The topological polar surface area (TPSA) is 83.6 Å². The minimum Gasteiger partial charge on any atom is -0.480 e. The van der Waals surface area contributed by atoms with Crippen LogP contribution in [0.2, 0.25) is 0 Å². The third-order valence-electron chi connectivity index (χ3n) is 4.09. The second kappa shape index (κ2) is 4.43. The SMILES string of the molecule is Cc1nnc2c(N3CCCCC3(C)C(=O)O)nccn12. The number of rotatable bonds is 2. The minimum atomic E-state index is -0.938. The lowest BCUT2D eigenvalue weighted by molar-refractivity contribution is -0.143. The van der Waals surface area contributed by atoms with Gasteiger partial charge < -0.3 is 10.0 Å². The zero-order valence-corrected chi connectivity index (χ0v) is 11.6. The molecule has 1 aliphatic rings. The molecule has 106 valence electrons. The Kier molecular flexibility index (Phi) is 2.84. The van der Waals surface area contributed by atoms with Gasteiger partial charge in [-0.25, -0.2) is 9.78 Å². The smallest absolute Gasteiger partial charge is 0.329 e. The van der Waals surface area contributed by atoms with Crippen LogP contribution in [0.5, 0.6) is 0 Å². The molecular formula is C13H17N5O2. The molecule has 7 heteroatoms. The van der Waals surface area contributed by atoms with Gasteiger partial charge in [-0.3, -0.25) is 4.40 Å². The van der Waals surface area contributed by atoms with Gasteiger partial charge in [-0.05, 0) is 33.1 Å². The minimum absolute atomic E-state index is 0.595. The average molecular weight is 275 g/mol. The molecule has 0 aliphatic carbocycles. The first-order valence-electron chi connectivity index (χ1n) is 6.71. The zero-order chi connectivity index (χ0) is 14.3. The zero-order valence-electron chi connectivity index (χ0n) is 11.6. The first-order valence-corrected chi connectivity index (χ1v) is 6.71. The molecule has 0 radical (unpaired) electrons. The highest BCUT2D eigenvalue weighted by Gasteiger charge is 2.43. The van der Waals surface area contributed by atoms with E-state index in [1.807, 2.05) is 16.2 Å². The summed E-state index contributed by atoms with van der Waals surface area (Å²) in [4.78, 5) is 17.9. The van der Waals surface area contributed by atoms with Gasteiger partial charge in [0.25, 0.3) is 0 Å². The summed E-state index contributed by atoms with van der Waals surface area (Å²) < 4.78 is 1.83. The van der Waals surface area contributed by atoms with E-state index in [0.29, 0.717) is 24.4 Å². The Morgan fingerprint density at radius 1 is 1.40 bits per heavy atom. The van der Waals surface area contributed by atoms with Gasteiger partial charge in [-0.15, -0.1) is 10.2 Å². The molecule has 1 N–H and O–H groups in total. The summed E-state index contributed by atoms with van der Waals surface area (Å²) in [6, 6.07) is 0. The average Bonchev–Trinajstić information content (AvgIpc) is 2.81. The van der Waals surface area contributed by atoms with Crippen molar-refractivity contribution < 1.29 is 9.90 Å². The quantitative estimate of drug-likeness (QED) is 0.888. The van der Waals surface area contributed by atoms with E-state index in [1.165, 1.54) is 0 Å². The Bertz CT molecular complexity index is 668. The van der Waals surface area contributed by atoms with Gasteiger partial charge in [0.15, 0.2) is 5.82 Å². The van der Waals surface area contributed by atoms with Crippen molar-refractivity contribution in [3.8, 4) is 0 Å². The molecule has 1 aliphatic heterocycles. The van der Waals surface area contributed by atoms with Gasteiger partial charge in [0.2, 0.25) is 5.65 Å². The molecule has 0 saturated carbocycles. The van der Waals surface area contributed by atoms with Crippen molar-refractivity contribution in [3.05, 3.63) is 18.2 Å². The van der Waals surface area contributed by atoms with Crippen LogP contribution in [-0.2, 0) is 4.79 Å². The third-order valence-corrected chi connectivity index (χ3v) is 4.09. The number of anilines is 1. The predicted octanol–water partition coefficient (Wildman–Crippen LogP) is 1.27. The predicted molar refractivity (Wildman–Crippen MR) is 72.8 cm³/mol. The Balaban J connectivity index is 2.15.